The molecule has 0 saturated carbocycles. The molecule has 0 bridgehead atoms. The van der Waals surface area contributed by atoms with E-state index in [0.717, 1.165) is 12.1 Å². The number of amides is 1. The molecule has 11 nitrogen and oxygen atoms in total. The van der Waals surface area contributed by atoms with E-state index in [-0.39, 0.29) is 24.9 Å². The number of hydrogen-bond donors (Lipinski definition) is 3. The molecule has 0 atom stereocenters. The summed E-state index contributed by atoms with van der Waals surface area (Å²) in [4.78, 5) is 36.0. The zero-order chi connectivity index (χ0) is 28.8. The SMILES string of the molecule is CN(C)CCNC(=O)C1(C)COC(c2nc(-c3ccc(F)cc3)c(-c3ccnc(NCc4cccnc4)n3)[nH]2)OC1. The number of ether oxygens (including phenoxy) is 2. The summed E-state index contributed by atoms with van der Waals surface area (Å²) in [7, 11) is 3.90. The molecule has 5 rings (SSSR count). The number of halogens is 1. The van der Waals surface area contributed by atoms with Crippen LogP contribution in [0, 0.1) is 11.2 Å². The van der Waals surface area contributed by atoms with Gasteiger partial charge in [-0.15, -0.1) is 0 Å². The van der Waals surface area contributed by atoms with Crippen LogP contribution in [0.4, 0.5) is 10.3 Å². The summed E-state index contributed by atoms with van der Waals surface area (Å²) in [5, 5.41) is 6.16. The Morgan fingerprint density at radius 1 is 1.12 bits per heavy atom. The molecule has 214 valence electrons. The van der Waals surface area contributed by atoms with Crippen LogP contribution in [-0.4, -0.2) is 76.1 Å². The summed E-state index contributed by atoms with van der Waals surface area (Å²) in [6.45, 7) is 3.89. The fraction of sp³-hybridized carbons (Fsp3) is 0.345. The van der Waals surface area contributed by atoms with E-state index in [1.165, 1.54) is 12.1 Å². The molecule has 0 spiro atoms. The number of imidazole rings is 1. The van der Waals surface area contributed by atoms with Crippen molar-refractivity contribution in [2.45, 2.75) is 19.8 Å². The van der Waals surface area contributed by atoms with Crippen molar-refractivity contribution in [2.75, 3.05) is 45.7 Å². The number of carbonyl (C=O) groups excluding carboxylic acids is 1. The van der Waals surface area contributed by atoms with Gasteiger partial charge in [0, 0.05) is 43.8 Å². The molecule has 1 saturated heterocycles. The molecule has 1 fully saturated rings. The van der Waals surface area contributed by atoms with Gasteiger partial charge in [0.05, 0.1) is 35.7 Å². The molecule has 0 aliphatic carbocycles. The first-order valence-corrected chi connectivity index (χ1v) is 13.3. The third-order valence-corrected chi connectivity index (χ3v) is 6.65. The maximum absolute atomic E-state index is 13.7. The Morgan fingerprint density at radius 3 is 2.61 bits per heavy atom. The van der Waals surface area contributed by atoms with Crippen LogP contribution in [0.25, 0.3) is 22.6 Å². The minimum absolute atomic E-state index is 0.128. The average molecular weight is 561 g/mol. The van der Waals surface area contributed by atoms with Gasteiger partial charge >= 0.3 is 0 Å². The maximum atomic E-state index is 13.7. The number of nitrogens with zero attached hydrogens (tertiary/aromatic N) is 5. The quantitative estimate of drug-likeness (QED) is 0.267. The Hall–Kier alpha value is -4.26. The number of pyridine rings is 1. The molecule has 4 heterocycles. The summed E-state index contributed by atoms with van der Waals surface area (Å²) in [5.74, 6) is 0.362. The molecule has 0 radical (unpaired) electrons. The van der Waals surface area contributed by atoms with Gasteiger partial charge in [-0.1, -0.05) is 6.07 Å². The Kier molecular flexibility index (Phi) is 8.62. The van der Waals surface area contributed by atoms with Gasteiger partial charge in [-0.25, -0.2) is 19.3 Å². The van der Waals surface area contributed by atoms with Crippen molar-refractivity contribution in [3.05, 3.63) is 78.3 Å². The highest BCUT2D eigenvalue weighted by atomic mass is 19.1. The minimum Gasteiger partial charge on any atom is -0.354 e. The number of hydrogen-bond acceptors (Lipinski definition) is 9. The smallest absolute Gasteiger partial charge is 0.230 e. The molecule has 0 unspecified atom stereocenters. The van der Waals surface area contributed by atoms with Crippen molar-refractivity contribution in [3.63, 3.8) is 0 Å². The van der Waals surface area contributed by atoms with E-state index >= 15 is 0 Å². The van der Waals surface area contributed by atoms with E-state index in [9.17, 15) is 9.18 Å². The molecule has 3 N–H and O–H groups in total. The first-order chi connectivity index (χ1) is 19.8. The number of rotatable bonds is 10. The zero-order valence-electron chi connectivity index (χ0n) is 23.2. The van der Waals surface area contributed by atoms with Crippen LogP contribution in [0.5, 0.6) is 0 Å². The predicted octanol–water partition coefficient (Wildman–Crippen LogP) is 3.41. The lowest BCUT2D eigenvalue weighted by molar-refractivity contribution is -0.231. The van der Waals surface area contributed by atoms with E-state index in [2.05, 4.69) is 30.6 Å². The maximum Gasteiger partial charge on any atom is 0.230 e. The highest BCUT2D eigenvalue weighted by Gasteiger charge is 2.40. The number of aromatic nitrogens is 5. The van der Waals surface area contributed by atoms with Crippen LogP contribution in [0.2, 0.25) is 0 Å². The second-order valence-corrected chi connectivity index (χ2v) is 10.4. The Labute approximate surface area is 237 Å². The van der Waals surface area contributed by atoms with E-state index in [1.807, 2.05) is 38.1 Å². The van der Waals surface area contributed by atoms with Gasteiger partial charge in [0.15, 0.2) is 5.82 Å². The van der Waals surface area contributed by atoms with Gasteiger partial charge in [-0.3, -0.25) is 9.78 Å². The largest absolute Gasteiger partial charge is 0.354 e. The zero-order valence-corrected chi connectivity index (χ0v) is 23.2. The molecular weight excluding hydrogens is 527 g/mol. The summed E-state index contributed by atoms with van der Waals surface area (Å²) in [6, 6.07) is 11.6. The number of aromatic amines is 1. The molecule has 3 aromatic heterocycles. The highest BCUT2D eigenvalue weighted by Crippen LogP contribution is 2.35. The Morgan fingerprint density at radius 2 is 1.90 bits per heavy atom. The molecule has 1 aromatic carbocycles. The molecule has 1 amide bonds. The van der Waals surface area contributed by atoms with Crippen LogP contribution >= 0.6 is 0 Å². The minimum atomic E-state index is -0.834. The lowest BCUT2D eigenvalue weighted by atomic mass is 9.91. The number of likely N-dealkylation sites (N-methyl/N-ethyl adjacent to an activating group) is 1. The van der Waals surface area contributed by atoms with E-state index < -0.39 is 11.7 Å². The fourth-order valence-electron chi connectivity index (χ4n) is 4.28. The van der Waals surface area contributed by atoms with Crippen LogP contribution < -0.4 is 10.6 Å². The predicted molar refractivity (Wildman–Crippen MR) is 151 cm³/mol. The standard InChI is InChI=1S/C29H33FN8O3/c1-29(27(39)32-13-14-38(2)3)17-40-26(41-18-29)25-36-23(20-6-8-21(30)9-7-20)24(37-25)22-10-12-33-28(35-22)34-16-19-5-4-11-31-15-19/h4-12,15,26H,13-14,16-18H2,1-3H3,(H,32,39)(H,36,37)(H,33,34,35). The van der Waals surface area contributed by atoms with Gasteiger partial charge in [0.1, 0.15) is 5.82 Å². The second-order valence-electron chi connectivity index (χ2n) is 10.4. The first-order valence-electron chi connectivity index (χ1n) is 13.3. The van der Waals surface area contributed by atoms with E-state index in [0.29, 0.717) is 47.5 Å². The molecule has 1 aliphatic rings. The van der Waals surface area contributed by atoms with Gasteiger partial charge in [-0.2, -0.15) is 0 Å². The van der Waals surface area contributed by atoms with Crippen molar-refractivity contribution in [2.24, 2.45) is 5.41 Å². The number of anilines is 1. The van der Waals surface area contributed by atoms with Crippen molar-refractivity contribution in [3.8, 4) is 22.6 Å². The monoisotopic (exact) mass is 560 g/mol. The van der Waals surface area contributed by atoms with E-state index in [4.69, 9.17) is 14.5 Å². The molecule has 4 aromatic rings. The lowest BCUT2D eigenvalue weighted by Gasteiger charge is -2.35. The number of benzene rings is 1. The third-order valence-electron chi connectivity index (χ3n) is 6.65. The van der Waals surface area contributed by atoms with Crippen molar-refractivity contribution in [1.29, 1.82) is 0 Å². The average Bonchev–Trinajstić information content (AvgIpc) is 3.43. The first kappa shape index (κ1) is 28.3. The number of carbonyl (C=O) groups is 1. The highest BCUT2D eigenvalue weighted by molar-refractivity contribution is 5.82. The third kappa shape index (κ3) is 6.91. The normalized spacial score (nSPS) is 18.8. The second kappa shape index (κ2) is 12.5. The molecule has 41 heavy (non-hydrogen) atoms. The fourth-order valence-corrected chi connectivity index (χ4v) is 4.28. The van der Waals surface area contributed by atoms with Crippen LogP contribution in [0.15, 0.2) is 61.1 Å². The van der Waals surface area contributed by atoms with Gasteiger partial charge < -0.3 is 30.0 Å². The summed E-state index contributed by atoms with van der Waals surface area (Å²) >= 11 is 0. The summed E-state index contributed by atoms with van der Waals surface area (Å²) in [5.41, 5.74) is 2.57. The summed E-state index contributed by atoms with van der Waals surface area (Å²) in [6.07, 6.45) is 4.31. The van der Waals surface area contributed by atoms with Gasteiger partial charge in [0.2, 0.25) is 18.1 Å². The Bertz CT molecular complexity index is 1450. The molecule has 1 aliphatic heterocycles. The number of H-pyrrole nitrogens is 1. The van der Waals surface area contributed by atoms with Crippen LogP contribution in [0.1, 0.15) is 24.6 Å². The van der Waals surface area contributed by atoms with Crippen molar-refractivity contribution in [1.82, 2.24) is 35.1 Å². The molecule has 12 heteroatoms. The number of nitrogens with one attached hydrogen (secondary N) is 3. The van der Waals surface area contributed by atoms with Gasteiger partial charge in [-0.05, 0) is 63.0 Å². The Balaban J connectivity index is 1.36. The van der Waals surface area contributed by atoms with E-state index in [1.54, 1.807) is 36.8 Å². The van der Waals surface area contributed by atoms with Crippen molar-refractivity contribution < 1.29 is 18.7 Å². The van der Waals surface area contributed by atoms with Gasteiger partial charge in [0.25, 0.3) is 0 Å². The summed E-state index contributed by atoms with van der Waals surface area (Å²) < 4.78 is 25.7. The van der Waals surface area contributed by atoms with Crippen LogP contribution in [-0.2, 0) is 20.8 Å². The van der Waals surface area contributed by atoms with Crippen molar-refractivity contribution >= 4 is 11.9 Å². The topological polar surface area (TPSA) is 130 Å². The molecular formula is C29H33FN8O3. The van der Waals surface area contributed by atoms with Crippen LogP contribution in [0.3, 0.4) is 0 Å². The lowest BCUT2D eigenvalue weighted by Crippen LogP contribution is -2.49.